The summed E-state index contributed by atoms with van der Waals surface area (Å²) in [6.07, 6.45) is 9.73. The molecule has 0 saturated carbocycles. The molecule has 2 rings (SSSR count). The van der Waals surface area contributed by atoms with Gasteiger partial charge in [-0.25, -0.2) is 4.79 Å². The van der Waals surface area contributed by atoms with Crippen LogP contribution in [0.15, 0.2) is 23.8 Å². The van der Waals surface area contributed by atoms with Crippen molar-refractivity contribution in [2.24, 2.45) is 5.92 Å². The topological polar surface area (TPSA) is 38.8 Å². The van der Waals surface area contributed by atoms with E-state index in [4.69, 9.17) is 9.47 Å². The van der Waals surface area contributed by atoms with Gasteiger partial charge in [0.25, 0.3) is 0 Å². The quantitative estimate of drug-likeness (QED) is 0.739. The highest BCUT2D eigenvalue weighted by atomic mass is 16.6. The molecule has 0 radical (unpaired) electrons. The zero-order chi connectivity index (χ0) is 17.1. The molecule has 0 unspecified atom stereocenters. The van der Waals surface area contributed by atoms with Crippen molar-refractivity contribution in [3.8, 4) is 0 Å². The molecule has 0 aromatic rings. The van der Waals surface area contributed by atoms with Gasteiger partial charge >= 0.3 is 6.09 Å². The number of hydrogen-bond donors (Lipinski definition) is 0. The molecule has 0 bridgehead atoms. The van der Waals surface area contributed by atoms with Crippen molar-refractivity contribution in [3.63, 3.8) is 0 Å². The minimum absolute atomic E-state index is 0.259. The number of ether oxygens (including phenoxy) is 2. The smallest absolute Gasteiger partial charge is 0.412 e. The van der Waals surface area contributed by atoms with Crippen molar-refractivity contribution < 1.29 is 14.3 Å². The predicted octanol–water partition coefficient (Wildman–Crippen LogP) is 4.66. The van der Waals surface area contributed by atoms with Crippen molar-refractivity contribution in [2.75, 3.05) is 13.2 Å². The van der Waals surface area contributed by atoms with Gasteiger partial charge < -0.3 is 9.47 Å². The van der Waals surface area contributed by atoms with Gasteiger partial charge in [-0.05, 0) is 51.0 Å². The Morgan fingerprint density at radius 1 is 1.43 bits per heavy atom. The Morgan fingerprint density at radius 3 is 2.74 bits per heavy atom. The summed E-state index contributed by atoms with van der Waals surface area (Å²) in [5, 5.41) is 0. The molecule has 1 heterocycles. The molecule has 0 aromatic heterocycles. The van der Waals surface area contributed by atoms with Crippen LogP contribution in [0.25, 0.3) is 0 Å². The van der Waals surface area contributed by atoms with E-state index in [1.54, 1.807) is 0 Å². The molecule has 1 aliphatic carbocycles. The van der Waals surface area contributed by atoms with Gasteiger partial charge in [0.2, 0.25) is 0 Å². The van der Waals surface area contributed by atoms with E-state index in [0.29, 0.717) is 19.1 Å². The monoisotopic (exact) mass is 321 g/mol. The average molecular weight is 321 g/mol. The van der Waals surface area contributed by atoms with Gasteiger partial charge in [0, 0.05) is 0 Å². The normalized spacial score (nSPS) is 26.5. The summed E-state index contributed by atoms with van der Waals surface area (Å²) in [4.78, 5) is 14.7. The van der Waals surface area contributed by atoms with Crippen molar-refractivity contribution in [1.29, 1.82) is 0 Å². The van der Waals surface area contributed by atoms with Crippen LogP contribution in [0, 0.1) is 5.92 Å². The summed E-state index contributed by atoms with van der Waals surface area (Å²) in [7, 11) is 0. The molecule has 1 amide bonds. The number of hydrogen-bond acceptors (Lipinski definition) is 3. The molecule has 2 aliphatic rings. The predicted molar refractivity (Wildman–Crippen MR) is 92.2 cm³/mol. The lowest BCUT2D eigenvalue weighted by Gasteiger charge is -2.41. The zero-order valence-corrected chi connectivity index (χ0v) is 15.2. The van der Waals surface area contributed by atoms with E-state index < -0.39 is 5.72 Å². The molecule has 0 N–H and O–H groups in total. The van der Waals surface area contributed by atoms with Gasteiger partial charge in [0.05, 0.1) is 12.1 Å². The highest BCUT2D eigenvalue weighted by molar-refractivity contribution is 5.70. The number of carbonyl (C=O) groups is 1. The second kappa shape index (κ2) is 7.08. The summed E-state index contributed by atoms with van der Waals surface area (Å²) in [5.41, 5.74) is 0.281. The molecule has 1 atom stereocenters. The number of nitrogens with zero attached hydrogens (tertiary/aromatic N) is 1. The molecule has 23 heavy (non-hydrogen) atoms. The summed E-state index contributed by atoms with van der Waals surface area (Å²) < 4.78 is 11.6. The third kappa shape index (κ3) is 3.97. The Bertz CT molecular complexity index is 493. The van der Waals surface area contributed by atoms with Crippen LogP contribution < -0.4 is 0 Å². The Balaban J connectivity index is 2.12. The first-order valence-corrected chi connectivity index (χ1v) is 8.76. The van der Waals surface area contributed by atoms with E-state index in [1.807, 2.05) is 30.9 Å². The minimum atomic E-state index is -0.622. The van der Waals surface area contributed by atoms with E-state index >= 15 is 0 Å². The highest BCUT2D eigenvalue weighted by Crippen LogP contribution is 2.41. The maximum Gasteiger partial charge on any atom is 0.412 e. The second-order valence-corrected chi connectivity index (χ2v) is 7.59. The van der Waals surface area contributed by atoms with Crippen LogP contribution >= 0.6 is 0 Å². The van der Waals surface area contributed by atoms with E-state index in [2.05, 4.69) is 26.8 Å². The Labute approximate surface area is 140 Å². The molecule has 4 nitrogen and oxygen atoms in total. The fourth-order valence-electron chi connectivity index (χ4n) is 3.73. The van der Waals surface area contributed by atoms with E-state index in [1.165, 1.54) is 5.57 Å². The van der Waals surface area contributed by atoms with Gasteiger partial charge in [-0.1, -0.05) is 39.0 Å². The van der Waals surface area contributed by atoms with E-state index in [9.17, 15) is 4.79 Å². The fraction of sp³-hybridized carbons (Fsp3) is 0.737. The number of amides is 1. The van der Waals surface area contributed by atoms with Crippen molar-refractivity contribution in [2.45, 2.75) is 71.6 Å². The maximum atomic E-state index is 12.8. The molecule has 1 saturated heterocycles. The Hall–Kier alpha value is -1.29. The lowest BCUT2D eigenvalue weighted by atomic mass is 9.85. The summed E-state index contributed by atoms with van der Waals surface area (Å²) in [6, 6.07) is 0. The fourth-order valence-corrected chi connectivity index (χ4v) is 3.73. The van der Waals surface area contributed by atoms with E-state index in [-0.39, 0.29) is 11.6 Å². The number of allylic oxidation sites excluding steroid dienone is 3. The van der Waals surface area contributed by atoms with Crippen LogP contribution in [-0.4, -0.2) is 35.5 Å². The first-order valence-electron chi connectivity index (χ1n) is 8.76. The molecular formula is C19H31NO3. The van der Waals surface area contributed by atoms with Gasteiger partial charge in [-0.3, -0.25) is 4.90 Å². The Morgan fingerprint density at radius 2 is 2.17 bits per heavy atom. The largest absolute Gasteiger partial charge is 0.445 e. The van der Waals surface area contributed by atoms with Crippen LogP contribution in [-0.2, 0) is 9.47 Å². The average Bonchev–Trinajstić information content (AvgIpc) is 2.77. The molecule has 130 valence electrons. The van der Waals surface area contributed by atoms with Crippen LogP contribution in [0.2, 0.25) is 0 Å². The van der Waals surface area contributed by atoms with Gasteiger partial charge in [0.15, 0.2) is 0 Å². The number of rotatable bonds is 5. The number of carbonyl (C=O) groups excluding carboxylic acids is 1. The van der Waals surface area contributed by atoms with Crippen LogP contribution in [0.4, 0.5) is 4.79 Å². The van der Waals surface area contributed by atoms with Crippen LogP contribution in [0.3, 0.4) is 0 Å². The third-order valence-corrected chi connectivity index (χ3v) is 4.82. The molecule has 1 fully saturated rings. The first-order chi connectivity index (χ1) is 10.8. The van der Waals surface area contributed by atoms with E-state index in [0.717, 1.165) is 25.7 Å². The summed E-state index contributed by atoms with van der Waals surface area (Å²) >= 11 is 0. The first kappa shape index (κ1) is 18.1. The summed E-state index contributed by atoms with van der Waals surface area (Å²) in [6.45, 7) is 11.4. The molecule has 0 spiro atoms. The standard InChI is InChI=1S/C19H31NO3/c1-6-19(12-15(2)3)14-23-18(4,5)20(19)17(21)22-13-16-10-8-7-9-11-16/h7-8,10,15H,6,9,11-14H2,1-5H3/t19-/m0/s1. The lowest BCUT2D eigenvalue weighted by molar-refractivity contribution is -0.0544. The molecular weight excluding hydrogens is 290 g/mol. The zero-order valence-electron chi connectivity index (χ0n) is 15.2. The third-order valence-electron chi connectivity index (χ3n) is 4.82. The summed E-state index contributed by atoms with van der Waals surface area (Å²) in [5.74, 6) is 0.494. The molecule has 4 heteroatoms. The van der Waals surface area contributed by atoms with Gasteiger partial charge in [-0.2, -0.15) is 0 Å². The lowest BCUT2D eigenvalue weighted by Crippen LogP contribution is -2.56. The maximum absolute atomic E-state index is 12.8. The van der Waals surface area contributed by atoms with Crippen LogP contribution in [0.1, 0.15) is 60.3 Å². The van der Waals surface area contributed by atoms with Gasteiger partial charge in [-0.15, -0.1) is 0 Å². The van der Waals surface area contributed by atoms with Crippen molar-refractivity contribution >= 4 is 6.09 Å². The minimum Gasteiger partial charge on any atom is -0.445 e. The van der Waals surface area contributed by atoms with Gasteiger partial charge in [0.1, 0.15) is 12.3 Å². The Kier molecular flexibility index (Phi) is 5.56. The van der Waals surface area contributed by atoms with Crippen LogP contribution in [0.5, 0.6) is 0 Å². The van der Waals surface area contributed by atoms with Crippen molar-refractivity contribution in [1.82, 2.24) is 4.90 Å². The highest BCUT2D eigenvalue weighted by Gasteiger charge is 2.54. The molecule has 1 aliphatic heterocycles. The van der Waals surface area contributed by atoms with Crippen molar-refractivity contribution in [3.05, 3.63) is 23.8 Å². The molecule has 0 aromatic carbocycles. The second-order valence-electron chi connectivity index (χ2n) is 7.59. The SMILES string of the molecule is CC[C@]1(CC(C)C)COC(C)(C)N1C(=O)OCC1=CC=CCC1.